The molecule has 0 bridgehead atoms. The van der Waals surface area contributed by atoms with Crippen molar-refractivity contribution in [1.82, 2.24) is 5.32 Å². The summed E-state index contributed by atoms with van der Waals surface area (Å²) in [5.41, 5.74) is -0.292. The van der Waals surface area contributed by atoms with Crippen LogP contribution in [0.25, 0.3) is 0 Å². The van der Waals surface area contributed by atoms with Crippen LogP contribution in [-0.2, 0) is 9.59 Å². The molecule has 1 aliphatic carbocycles. The standard InChI is InChI=1S/C15H17ClN2O3/c1-15(9-3-4-9)14(20)18(8-13(19)17-15)11-7-10(16)5-6-12(11)21-2/h5-7,9H,3-4,8H2,1-2H3,(H,17,19). The Morgan fingerprint density at radius 2 is 2.10 bits per heavy atom. The molecule has 2 amide bonds. The second-order valence-electron chi connectivity index (χ2n) is 5.73. The van der Waals surface area contributed by atoms with Gasteiger partial charge in [-0.1, -0.05) is 11.6 Å². The summed E-state index contributed by atoms with van der Waals surface area (Å²) in [6, 6.07) is 5.05. The molecule has 0 radical (unpaired) electrons. The lowest BCUT2D eigenvalue weighted by Crippen LogP contribution is -2.66. The monoisotopic (exact) mass is 308 g/mol. The fourth-order valence-corrected chi connectivity index (χ4v) is 3.05. The van der Waals surface area contributed by atoms with Gasteiger partial charge in [0.05, 0.1) is 12.8 Å². The molecule has 2 aliphatic rings. The van der Waals surface area contributed by atoms with E-state index in [2.05, 4.69) is 5.32 Å². The van der Waals surface area contributed by atoms with Crippen molar-refractivity contribution in [2.75, 3.05) is 18.6 Å². The van der Waals surface area contributed by atoms with Crippen LogP contribution >= 0.6 is 11.6 Å². The third kappa shape index (κ3) is 2.35. The fraction of sp³-hybridized carbons (Fsp3) is 0.467. The van der Waals surface area contributed by atoms with E-state index in [-0.39, 0.29) is 24.3 Å². The van der Waals surface area contributed by atoms with Gasteiger partial charge in [-0.2, -0.15) is 0 Å². The molecule has 2 fully saturated rings. The molecule has 1 N–H and O–H groups in total. The van der Waals surface area contributed by atoms with E-state index in [4.69, 9.17) is 16.3 Å². The van der Waals surface area contributed by atoms with Crippen LogP contribution in [0.5, 0.6) is 5.75 Å². The molecule has 21 heavy (non-hydrogen) atoms. The van der Waals surface area contributed by atoms with Gasteiger partial charge in [-0.3, -0.25) is 14.5 Å². The van der Waals surface area contributed by atoms with Gasteiger partial charge in [0.2, 0.25) is 5.91 Å². The molecule has 1 atom stereocenters. The molecule has 1 heterocycles. The highest BCUT2D eigenvalue weighted by Crippen LogP contribution is 2.43. The number of carbonyl (C=O) groups excluding carboxylic acids is 2. The van der Waals surface area contributed by atoms with E-state index < -0.39 is 5.54 Å². The molecule has 5 nitrogen and oxygen atoms in total. The molecule has 112 valence electrons. The first kappa shape index (κ1) is 14.2. The predicted octanol–water partition coefficient (Wildman–Crippen LogP) is 1.98. The van der Waals surface area contributed by atoms with Crippen molar-refractivity contribution < 1.29 is 14.3 Å². The quantitative estimate of drug-likeness (QED) is 0.929. The maximum atomic E-state index is 12.9. The smallest absolute Gasteiger partial charge is 0.253 e. The first-order valence-electron chi connectivity index (χ1n) is 6.92. The third-order valence-corrected chi connectivity index (χ3v) is 4.45. The molecule has 1 unspecified atom stereocenters. The van der Waals surface area contributed by atoms with E-state index in [1.807, 2.05) is 0 Å². The van der Waals surface area contributed by atoms with Crippen LogP contribution in [-0.4, -0.2) is 31.0 Å². The van der Waals surface area contributed by atoms with Gasteiger partial charge in [-0.15, -0.1) is 0 Å². The second-order valence-corrected chi connectivity index (χ2v) is 6.17. The van der Waals surface area contributed by atoms with Crippen LogP contribution in [0.2, 0.25) is 5.02 Å². The van der Waals surface area contributed by atoms with Crippen molar-refractivity contribution in [3.8, 4) is 5.75 Å². The van der Waals surface area contributed by atoms with E-state index in [0.29, 0.717) is 16.5 Å². The lowest BCUT2D eigenvalue weighted by Gasteiger charge is -2.40. The van der Waals surface area contributed by atoms with E-state index in [1.54, 1.807) is 25.1 Å². The summed E-state index contributed by atoms with van der Waals surface area (Å²) in [7, 11) is 1.53. The number of halogens is 1. The summed E-state index contributed by atoms with van der Waals surface area (Å²) in [5.74, 6) is 0.471. The summed E-state index contributed by atoms with van der Waals surface area (Å²) in [4.78, 5) is 26.4. The Labute approximate surface area is 128 Å². The highest BCUT2D eigenvalue weighted by atomic mass is 35.5. The second kappa shape index (κ2) is 4.91. The molecule has 0 aromatic heterocycles. The number of ether oxygens (including phenoxy) is 1. The number of nitrogens with one attached hydrogen (secondary N) is 1. The molecular weight excluding hydrogens is 292 g/mol. The molecule has 6 heteroatoms. The Morgan fingerprint density at radius 1 is 1.38 bits per heavy atom. The van der Waals surface area contributed by atoms with Gasteiger partial charge in [0, 0.05) is 5.02 Å². The maximum absolute atomic E-state index is 12.9. The minimum absolute atomic E-state index is 0.0160. The summed E-state index contributed by atoms with van der Waals surface area (Å²) < 4.78 is 5.30. The molecule has 1 saturated carbocycles. The van der Waals surface area contributed by atoms with Gasteiger partial charge in [0.15, 0.2) is 0 Å². The molecule has 1 saturated heterocycles. The van der Waals surface area contributed by atoms with Crippen molar-refractivity contribution in [2.24, 2.45) is 5.92 Å². The maximum Gasteiger partial charge on any atom is 0.253 e. The van der Waals surface area contributed by atoms with E-state index in [1.165, 1.54) is 12.0 Å². The Morgan fingerprint density at radius 3 is 2.71 bits per heavy atom. The van der Waals surface area contributed by atoms with Gasteiger partial charge in [-0.25, -0.2) is 0 Å². The number of hydrogen-bond donors (Lipinski definition) is 1. The van der Waals surface area contributed by atoms with Gasteiger partial charge in [0.1, 0.15) is 17.8 Å². The average Bonchev–Trinajstić information content (AvgIpc) is 3.27. The Bertz CT molecular complexity index is 615. The highest BCUT2D eigenvalue weighted by molar-refractivity contribution is 6.31. The molecule has 1 aromatic rings. The Kier molecular flexibility index (Phi) is 3.32. The van der Waals surface area contributed by atoms with Crippen molar-refractivity contribution >= 4 is 29.1 Å². The number of anilines is 1. The molecule has 0 spiro atoms. The highest BCUT2D eigenvalue weighted by Gasteiger charge is 2.53. The molecule has 1 aromatic carbocycles. The van der Waals surface area contributed by atoms with Crippen molar-refractivity contribution in [2.45, 2.75) is 25.3 Å². The van der Waals surface area contributed by atoms with Crippen LogP contribution in [0.15, 0.2) is 18.2 Å². The summed E-state index contributed by atoms with van der Waals surface area (Å²) >= 11 is 6.03. The van der Waals surface area contributed by atoms with Crippen LogP contribution in [0.4, 0.5) is 5.69 Å². The normalized spacial score (nSPS) is 25.8. The SMILES string of the molecule is COc1ccc(Cl)cc1N1CC(=O)NC(C)(C2CC2)C1=O. The Hall–Kier alpha value is -1.75. The van der Waals surface area contributed by atoms with Gasteiger partial charge in [0.25, 0.3) is 5.91 Å². The zero-order valence-electron chi connectivity index (χ0n) is 12.0. The topological polar surface area (TPSA) is 58.6 Å². The number of amides is 2. The van der Waals surface area contributed by atoms with Crippen molar-refractivity contribution in [3.05, 3.63) is 23.2 Å². The minimum Gasteiger partial charge on any atom is -0.495 e. The number of hydrogen-bond acceptors (Lipinski definition) is 3. The molecule has 1 aliphatic heterocycles. The zero-order chi connectivity index (χ0) is 15.2. The summed E-state index contributed by atoms with van der Waals surface area (Å²) in [5, 5.41) is 3.35. The number of nitrogens with zero attached hydrogens (tertiary/aromatic N) is 1. The molecule has 3 rings (SSSR count). The van der Waals surface area contributed by atoms with E-state index in [9.17, 15) is 9.59 Å². The van der Waals surface area contributed by atoms with E-state index in [0.717, 1.165) is 12.8 Å². The largest absolute Gasteiger partial charge is 0.495 e. The zero-order valence-corrected chi connectivity index (χ0v) is 12.7. The van der Waals surface area contributed by atoms with Crippen molar-refractivity contribution in [3.63, 3.8) is 0 Å². The lowest BCUT2D eigenvalue weighted by atomic mass is 9.91. The van der Waals surface area contributed by atoms with Gasteiger partial charge >= 0.3 is 0 Å². The predicted molar refractivity (Wildman–Crippen MR) is 79.6 cm³/mol. The number of carbonyl (C=O) groups is 2. The fourth-order valence-electron chi connectivity index (χ4n) is 2.88. The minimum atomic E-state index is -0.831. The van der Waals surface area contributed by atoms with Crippen LogP contribution in [0.3, 0.4) is 0 Å². The third-order valence-electron chi connectivity index (χ3n) is 4.22. The number of rotatable bonds is 3. The van der Waals surface area contributed by atoms with Gasteiger partial charge in [-0.05, 0) is 43.9 Å². The number of methoxy groups -OCH3 is 1. The van der Waals surface area contributed by atoms with Crippen LogP contribution < -0.4 is 15.0 Å². The summed E-state index contributed by atoms with van der Waals surface area (Å²) in [6.45, 7) is 1.78. The van der Waals surface area contributed by atoms with Crippen LogP contribution in [0, 0.1) is 5.92 Å². The summed E-state index contributed by atoms with van der Waals surface area (Å²) in [6.07, 6.45) is 1.92. The van der Waals surface area contributed by atoms with Gasteiger partial charge < -0.3 is 10.1 Å². The van der Waals surface area contributed by atoms with Crippen molar-refractivity contribution in [1.29, 1.82) is 0 Å². The number of benzene rings is 1. The average molecular weight is 309 g/mol. The Balaban J connectivity index is 2.02. The van der Waals surface area contributed by atoms with Crippen LogP contribution in [0.1, 0.15) is 19.8 Å². The first-order valence-corrected chi connectivity index (χ1v) is 7.30. The molecular formula is C15H17ClN2O3. The van der Waals surface area contributed by atoms with E-state index >= 15 is 0 Å². The lowest BCUT2D eigenvalue weighted by molar-refractivity contribution is -0.136. The first-order chi connectivity index (χ1) is 9.95. The number of piperazine rings is 1.